The zero-order chi connectivity index (χ0) is 12.2. The first-order valence-corrected chi connectivity index (χ1v) is 5.10. The van der Waals surface area contributed by atoms with Crippen molar-refractivity contribution in [2.75, 3.05) is 6.61 Å². The topological polar surface area (TPSA) is 41.6 Å². The maximum atomic E-state index is 12.9. The number of ether oxygens (including phenoxy) is 1. The molecule has 3 rings (SSSR count). The molecule has 6 heteroatoms. The van der Waals surface area contributed by atoms with Crippen molar-refractivity contribution in [1.29, 1.82) is 0 Å². The average molecular weight is 243 g/mol. The number of alkyl halides is 3. The van der Waals surface area contributed by atoms with Gasteiger partial charge in [-0.05, 0) is 23.3 Å². The summed E-state index contributed by atoms with van der Waals surface area (Å²) in [5.41, 5.74) is -0.163. The second kappa shape index (κ2) is 3.22. The number of hydrogen-bond acceptors (Lipinski definition) is 2. The fraction of sp³-hybridized carbons (Fsp3) is 0.364. The lowest BCUT2D eigenvalue weighted by Gasteiger charge is -2.12. The summed E-state index contributed by atoms with van der Waals surface area (Å²) in [5, 5.41) is 2.40. The Labute approximate surface area is 94.6 Å². The minimum absolute atomic E-state index is 0.0342. The summed E-state index contributed by atoms with van der Waals surface area (Å²) in [7, 11) is 0. The van der Waals surface area contributed by atoms with Crippen molar-refractivity contribution in [1.82, 2.24) is 5.32 Å². The number of halogens is 3. The molecule has 17 heavy (non-hydrogen) atoms. The third-order valence-electron chi connectivity index (χ3n) is 2.95. The fourth-order valence-electron chi connectivity index (χ4n) is 2.03. The molecule has 0 saturated carbocycles. The molecule has 1 amide bonds. The van der Waals surface area contributed by atoms with Crippen molar-refractivity contribution in [2.45, 2.75) is 18.8 Å². The van der Waals surface area contributed by atoms with Gasteiger partial charge < -0.3 is 10.1 Å². The molecule has 2 aliphatic rings. The first kappa shape index (κ1) is 10.6. The number of carbonyl (C=O) groups excluding carboxylic acids is 1. The zero-order valence-electron chi connectivity index (χ0n) is 8.60. The monoisotopic (exact) mass is 243 g/mol. The number of epoxide rings is 1. The first-order chi connectivity index (χ1) is 7.97. The predicted octanol–water partition coefficient (Wildman–Crippen LogP) is 2.02. The van der Waals surface area contributed by atoms with Crippen molar-refractivity contribution in [3.05, 3.63) is 34.4 Å². The van der Waals surface area contributed by atoms with Gasteiger partial charge >= 0.3 is 6.18 Å². The van der Waals surface area contributed by atoms with Crippen LogP contribution in [0.2, 0.25) is 0 Å². The summed E-state index contributed by atoms with van der Waals surface area (Å²) in [6.07, 6.45) is -4.74. The van der Waals surface area contributed by atoms with Crippen LogP contribution in [0.4, 0.5) is 13.2 Å². The van der Waals surface area contributed by atoms with E-state index >= 15 is 0 Å². The Hall–Kier alpha value is -1.56. The number of hydrogen-bond donors (Lipinski definition) is 1. The van der Waals surface area contributed by atoms with E-state index in [1.165, 1.54) is 6.07 Å². The second-order valence-corrected chi connectivity index (χ2v) is 4.10. The average Bonchev–Trinajstić information content (AvgIpc) is 3.02. The number of carbonyl (C=O) groups is 1. The van der Waals surface area contributed by atoms with Crippen LogP contribution < -0.4 is 5.32 Å². The number of fused-ring (bicyclic) bond motifs is 1. The standard InChI is InChI=1S/C11H8F3NO2/c12-11(13,14)8-2-5(9-4-17-9)1-6-7(8)3-15-10(6)16/h1-2,9H,3-4H2,(H,15,16). The van der Waals surface area contributed by atoms with E-state index in [4.69, 9.17) is 4.74 Å². The van der Waals surface area contributed by atoms with Crippen LogP contribution >= 0.6 is 0 Å². The third kappa shape index (κ3) is 1.68. The van der Waals surface area contributed by atoms with E-state index in [1.807, 2.05) is 0 Å². The van der Waals surface area contributed by atoms with E-state index in [0.717, 1.165) is 6.07 Å². The molecule has 1 fully saturated rings. The quantitative estimate of drug-likeness (QED) is 0.767. The zero-order valence-corrected chi connectivity index (χ0v) is 8.60. The highest BCUT2D eigenvalue weighted by Crippen LogP contribution is 2.39. The fourth-order valence-corrected chi connectivity index (χ4v) is 2.03. The van der Waals surface area contributed by atoms with Gasteiger partial charge in [0.2, 0.25) is 0 Å². The van der Waals surface area contributed by atoms with Crippen molar-refractivity contribution in [3.63, 3.8) is 0 Å². The summed E-state index contributed by atoms with van der Waals surface area (Å²) in [6, 6.07) is 2.57. The number of nitrogens with one attached hydrogen (secondary N) is 1. The minimum atomic E-state index is -4.44. The molecule has 1 N–H and O–H groups in total. The van der Waals surface area contributed by atoms with E-state index in [0.29, 0.717) is 12.2 Å². The minimum Gasteiger partial charge on any atom is -0.368 e. The molecular formula is C11H8F3NO2. The summed E-state index contributed by atoms with van der Waals surface area (Å²) in [4.78, 5) is 11.4. The van der Waals surface area contributed by atoms with E-state index in [-0.39, 0.29) is 23.8 Å². The highest BCUT2D eigenvalue weighted by atomic mass is 19.4. The molecule has 0 bridgehead atoms. The predicted molar refractivity (Wildman–Crippen MR) is 51.3 cm³/mol. The van der Waals surface area contributed by atoms with Crippen LogP contribution in [-0.2, 0) is 17.5 Å². The van der Waals surface area contributed by atoms with Gasteiger partial charge in [-0.3, -0.25) is 4.79 Å². The summed E-state index contributed by atoms with van der Waals surface area (Å²) < 4.78 is 43.5. The Bertz CT molecular complexity index is 506. The van der Waals surface area contributed by atoms with Crippen LogP contribution in [0.3, 0.4) is 0 Å². The Kier molecular flexibility index (Phi) is 2.01. The highest BCUT2D eigenvalue weighted by molar-refractivity contribution is 5.99. The molecule has 0 spiro atoms. The highest BCUT2D eigenvalue weighted by Gasteiger charge is 2.39. The van der Waals surface area contributed by atoms with Gasteiger partial charge in [0, 0.05) is 12.1 Å². The molecule has 0 aliphatic carbocycles. The Morgan fingerprint density at radius 3 is 2.65 bits per heavy atom. The van der Waals surface area contributed by atoms with Crippen LogP contribution in [0.1, 0.15) is 33.2 Å². The normalized spacial score (nSPS) is 22.3. The van der Waals surface area contributed by atoms with Crippen molar-refractivity contribution in [2.24, 2.45) is 0 Å². The van der Waals surface area contributed by atoms with Crippen LogP contribution in [0.5, 0.6) is 0 Å². The second-order valence-electron chi connectivity index (χ2n) is 4.10. The van der Waals surface area contributed by atoms with Crippen molar-refractivity contribution < 1.29 is 22.7 Å². The molecule has 1 atom stereocenters. The van der Waals surface area contributed by atoms with Crippen molar-refractivity contribution >= 4 is 5.91 Å². The van der Waals surface area contributed by atoms with Crippen LogP contribution in [0.25, 0.3) is 0 Å². The lowest BCUT2D eigenvalue weighted by atomic mass is 9.97. The molecule has 2 heterocycles. The van der Waals surface area contributed by atoms with Gasteiger partial charge in [-0.2, -0.15) is 13.2 Å². The Morgan fingerprint density at radius 1 is 1.35 bits per heavy atom. The van der Waals surface area contributed by atoms with Gasteiger partial charge in [-0.25, -0.2) is 0 Å². The van der Waals surface area contributed by atoms with Crippen LogP contribution in [-0.4, -0.2) is 12.5 Å². The van der Waals surface area contributed by atoms with Gasteiger partial charge in [0.1, 0.15) is 6.10 Å². The summed E-state index contributed by atoms with van der Waals surface area (Å²) in [6.45, 7) is 0.354. The lowest BCUT2D eigenvalue weighted by Crippen LogP contribution is -2.12. The summed E-state index contributed by atoms with van der Waals surface area (Å²) in [5.74, 6) is -0.451. The van der Waals surface area contributed by atoms with Gasteiger partial charge in [-0.1, -0.05) is 0 Å². The molecule has 1 unspecified atom stereocenters. The molecule has 90 valence electrons. The Morgan fingerprint density at radius 2 is 2.06 bits per heavy atom. The van der Waals surface area contributed by atoms with E-state index < -0.39 is 17.6 Å². The molecule has 1 aromatic rings. The maximum Gasteiger partial charge on any atom is 0.416 e. The summed E-state index contributed by atoms with van der Waals surface area (Å²) >= 11 is 0. The number of amides is 1. The first-order valence-electron chi connectivity index (χ1n) is 5.10. The molecule has 2 aliphatic heterocycles. The molecule has 0 radical (unpaired) electrons. The molecule has 1 aromatic carbocycles. The van der Waals surface area contributed by atoms with Gasteiger partial charge in [0.25, 0.3) is 5.91 Å². The molecular weight excluding hydrogens is 235 g/mol. The Balaban J connectivity index is 2.19. The maximum absolute atomic E-state index is 12.9. The van der Waals surface area contributed by atoms with Gasteiger partial charge in [-0.15, -0.1) is 0 Å². The van der Waals surface area contributed by atoms with Crippen LogP contribution in [0, 0.1) is 0 Å². The largest absolute Gasteiger partial charge is 0.416 e. The van der Waals surface area contributed by atoms with E-state index in [2.05, 4.69) is 5.32 Å². The SMILES string of the molecule is O=C1NCc2c1cc(C1CO1)cc2C(F)(F)F. The van der Waals surface area contributed by atoms with Crippen molar-refractivity contribution in [3.8, 4) is 0 Å². The van der Waals surface area contributed by atoms with Crippen LogP contribution in [0.15, 0.2) is 12.1 Å². The molecule has 1 saturated heterocycles. The third-order valence-corrected chi connectivity index (χ3v) is 2.95. The van der Waals surface area contributed by atoms with E-state index in [9.17, 15) is 18.0 Å². The molecule has 3 nitrogen and oxygen atoms in total. The number of benzene rings is 1. The van der Waals surface area contributed by atoms with Gasteiger partial charge in [0.15, 0.2) is 0 Å². The lowest BCUT2D eigenvalue weighted by molar-refractivity contribution is -0.138. The smallest absolute Gasteiger partial charge is 0.368 e. The molecule has 0 aromatic heterocycles. The van der Waals surface area contributed by atoms with Gasteiger partial charge in [0.05, 0.1) is 12.2 Å². The number of rotatable bonds is 1. The van der Waals surface area contributed by atoms with E-state index in [1.54, 1.807) is 0 Å².